The third kappa shape index (κ3) is 2.68. The maximum atomic E-state index is 12.7. The van der Waals surface area contributed by atoms with Crippen LogP contribution in [0.15, 0.2) is 72.8 Å². The van der Waals surface area contributed by atoms with Gasteiger partial charge in [-0.15, -0.1) is 0 Å². The van der Waals surface area contributed by atoms with Crippen molar-refractivity contribution in [3.05, 3.63) is 83.9 Å². The van der Waals surface area contributed by atoms with Crippen molar-refractivity contribution in [2.75, 3.05) is 4.90 Å². The first-order valence-electron chi connectivity index (χ1n) is 8.62. The summed E-state index contributed by atoms with van der Waals surface area (Å²) in [6, 6.07) is 24.5. The van der Waals surface area contributed by atoms with Crippen LogP contribution in [0.1, 0.15) is 18.1 Å². The second-order valence-electron chi connectivity index (χ2n) is 6.15. The zero-order valence-corrected chi connectivity index (χ0v) is 14.2. The van der Waals surface area contributed by atoms with E-state index in [1.807, 2.05) is 53.4 Å². The van der Waals surface area contributed by atoms with E-state index >= 15 is 0 Å². The van der Waals surface area contributed by atoms with Crippen molar-refractivity contribution in [3.8, 4) is 11.1 Å². The van der Waals surface area contributed by atoms with E-state index in [9.17, 15) is 4.79 Å². The van der Waals surface area contributed by atoms with Crippen LogP contribution in [0, 0.1) is 0 Å². The Morgan fingerprint density at radius 3 is 2.40 bits per heavy atom. The lowest BCUT2D eigenvalue weighted by Gasteiger charge is -2.32. The molecule has 0 saturated carbocycles. The molecule has 3 aromatic rings. The van der Waals surface area contributed by atoms with Gasteiger partial charge in [0.05, 0.1) is 11.4 Å². The van der Waals surface area contributed by atoms with Crippen LogP contribution in [-0.4, -0.2) is 6.03 Å². The number of benzene rings is 3. The first-order chi connectivity index (χ1) is 12.3. The van der Waals surface area contributed by atoms with E-state index in [-0.39, 0.29) is 6.03 Å². The summed E-state index contributed by atoms with van der Waals surface area (Å²) in [5.41, 5.74) is 6.56. The molecule has 1 aliphatic heterocycles. The lowest BCUT2D eigenvalue weighted by Crippen LogP contribution is -2.41. The predicted molar refractivity (Wildman–Crippen MR) is 102 cm³/mol. The number of anilines is 2. The summed E-state index contributed by atoms with van der Waals surface area (Å²) in [7, 11) is 0. The fourth-order valence-corrected chi connectivity index (χ4v) is 3.48. The van der Waals surface area contributed by atoms with E-state index < -0.39 is 0 Å². The summed E-state index contributed by atoms with van der Waals surface area (Å²) >= 11 is 0. The molecule has 0 aliphatic carbocycles. The van der Waals surface area contributed by atoms with Gasteiger partial charge >= 0.3 is 6.03 Å². The summed E-state index contributed by atoms with van der Waals surface area (Å²) < 4.78 is 0. The van der Waals surface area contributed by atoms with Crippen molar-refractivity contribution in [3.63, 3.8) is 0 Å². The Bertz CT molecular complexity index is 918. The molecule has 0 saturated heterocycles. The summed E-state index contributed by atoms with van der Waals surface area (Å²) in [5, 5.41) is 3.04. The number of nitrogens with zero attached hydrogens (tertiary/aromatic N) is 1. The number of hydrogen-bond donors (Lipinski definition) is 1. The number of nitrogens with one attached hydrogen (secondary N) is 1. The van der Waals surface area contributed by atoms with Gasteiger partial charge in [0.2, 0.25) is 0 Å². The number of fused-ring (bicyclic) bond motifs is 1. The molecule has 4 rings (SSSR count). The van der Waals surface area contributed by atoms with Crippen LogP contribution >= 0.6 is 0 Å². The van der Waals surface area contributed by atoms with E-state index in [0.29, 0.717) is 6.54 Å². The third-order valence-electron chi connectivity index (χ3n) is 4.71. The molecule has 0 spiro atoms. The van der Waals surface area contributed by atoms with Gasteiger partial charge in [-0.3, -0.25) is 4.90 Å². The minimum atomic E-state index is -0.0707. The molecule has 3 aromatic carbocycles. The lowest BCUT2D eigenvalue weighted by atomic mass is 9.96. The van der Waals surface area contributed by atoms with Gasteiger partial charge < -0.3 is 5.32 Å². The van der Waals surface area contributed by atoms with Crippen LogP contribution in [0.3, 0.4) is 0 Å². The van der Waals surface area contributed by atoms with E-state index in [1.54, 1.807) is 0 Å². The zero-order valence-electron chi connectivity index (χ0n) is 14.2. The molecule has 25 heavy (non-hydrogen) atoms. The Morgan fingerprint density at radius 2 is 1.60 bits per heavy atom. The van der Waals surface area contributed by atoms with Gasteiger partial charge in [0.25, 0.3) is 0 Å². The third-order valence-corrected chi connectivity index (χ3v) is 4.71. The second-order valence-corrected chi connectivity index (χ2v) is 6.15. The lowest BCUT2D eigenvalue weighted by molar-refractivity contribution is 0.247. The molecule has 124 valence electrons. The Balaban J connectivity index is 1.90. The van der Waals surface area contributed by atoms with Crippen molar-refractivity contribution in [1.29, 1.82) is 0 Å². The van der Waals surface area contributed by atoms with Crippen LogP contribution in [0.2, 0.25) is 0 Å². The van der Waals surface area contributed by atoms with Gasteiger partial charge in [-0.2, -0.15) is 0 Å². The normalized spacial score (nSPS) is 13.3. The maximum absolute atomic E-state index is 12.7. The molecule has 1 aliphatic rings. The molecule has 0 atom stereocenters. The zero-order chi connectivity index (χ0) is 17.2. The highest BCUT2D eigenvalue weighted by atomic mass is 16.2. The molecular weight excluding hydrogens is 308 g/mol. The maximum Gasteiger partial charge on any atom is 0.326 e. The summed E-state index contributed by atoms with van der Waals surface area (Å²) in [5.74, 6) is 0. The molecule has 0 fully saturated rings. The number of para-hydroxylation sites is 1. The number of urea groups is 1. The minimum Gasteiger partial charge on any atom is -0.333 e. The van der Waals surface area contributed by atoms with Gasteiger partial charge in [0.15, 0.2) is 0 Å². The monoisotopic (exact) mass is 328 g/mol. The Labute approximate surface area is 147 Å². The van der Waals surface area contributed by atoms with Crippen LogP contribution < -0.4 is 10.2 Å². The van der Waals surface area contributed by atoms with Crippen molar-refractivity contribution >= 4 is 17.4 Å². The average molecular weight is 328 g/mol. The van der Waals surface area contributed by atoms with E-state index in [0.717, 1.165) is 34.5 Å². The van der Waals surface area contributed by atoms with Gasteiger partial charge in [-0.25, -0.2) is 4.79 Å². The number of carbonyl (C=O) groups excluding carboxylic acids is 1. The molecular formula is C22H20N2O. The summed E-state index contributed by atoms with van der Waals surface area (Å²) in [6.45, 7) is 2.66. The SMILES string of the molecule is CCc1ccccc1N1C(=O)NCc2c(-c3ccccc3)cccc21. The standard InChI is InChI=1S/C22H20N2O/c1-2-16-9-6-7-13-20(16)24-21-14-8-12-18(17-10-4-3-5-11-17)19(21)15-23-22(24)25/h3-14H,2,15H2,1H3,(H,23,25). The second kappa shape index (κ2) is 6.44. The van der Waals surface area contributed by atoms with Gasteiger partial charge in [-0.1, -0.05) is 67.6 Å². The van der Waals surface area contributed by atoms with Crippen LogP contribution in [0.25, 0.3) is 11.1 Å². The molecule has 1 heterocycles. The number of carbonyl (C=O) groups is 1. The first-order valence-corrected chi connectivity index (χ1v) is 8.62. The van der Waals surface area contributed by atoms with Crippen molar-refractivity contribution < 1.29 is 4.79 Å². The van der Waals surface area contributed by atoms with E-state index in [4.69, 9.17) is 0 Å². The van der Waals surface area contributed by atoms with Gasteiger partial charge in [-0.05, 0) is 35.2 Å². The molecule has 2 amide bonds. The number of hydrogen-bond acceptors (Lipinski definition) is 1. The summed E-state index contributed by atoms with van der Waals surface area (Å²) in [6.07, 6.45) is 0.883. The van der Waals surface area contributed by atoms with Crippen molar-refractivity contribution in [1.82, 2.24) is 5.32 Å². The molecule has 0 radical (unpaired) electrons. The van der Waals surface area contributed by atoms with Gasteiger partial charge in [0, 0.05) is 12.1 Å². The van der Waals surface area contributed by atoms with Crippen LogP contribution in [0.5, 0.6) is 0 Å². The summed E-state index contributed by atoms with van der Waals surface area (Å²) in [4.78, 5) is 14.5. The Morgan fingerprint density at radius 1 is 0.880 bits per heavy atom. The first kappa shape index (κ1) is 15.5. The number of aryl methyl sites for hydroxylation is 1. The van der Waals surface area contributed by atoms with Crippen molar-refractivity contribution in [2.24, 2.45) is 0 Å². The highest BCUT2D eigenvalue weighted by Gasteiger charge is 2.28. The highest BCUT2D eigenvalue weighted by molar-refractivity contribution is 6.03. The molecule has 0 bridgehead atoms. The van der Waals surface area contributed by atoms with E-state index in [1.165, 1.54) is 5.56 Å². The smallest absolute Gasteiger partial charge is 0.326 e. The quantitative estimate of drug-likeness (QED) is 0.697. The Hall–Kier alpha value is -3.07. The van der Waals surface area contributed by atoms with Crippen LogP contribution in [-0.2, 0) is 13.0 Å². The van der Waals surface area contributed by atoms with E-state index in [2.05, 4.69) is 36.5 Å². The number of rotatable bonds is 3. The predicted octanol–water partition coefficient (Wildman–Crippen LogP) is 5.28. The average Bonchev–Trinajstić information content (AvgIpc) is 2.68. The molecule has 1 N–H and O–H groups in total. The number of amides is 2. The fourth-order valence-electron chi connectivity index (χ4n) is 3.48. The van der Waals surface area contributed by atoms with Gasteiger partial charge in [0.1, 0.15) is 0 Å². The molecule has 0 aromatic heterocycles. The highest BCUT2D eigenvalue weighted by Crippen LogP contribution is 2.38. The molecule has 3 heteroatoms. The van der Waals surface area contributed by atoms with Crippen LogP contribution in [0.4, 0.5) is 16.2 Å². The molecule has 0 unspecified atom stereocenters. The fraction of sp³-hybridized carbons (Fsp3) is 0.136. The molecule has 3 nitrogen and oxygen atoms in total. The minimum absolute atomic E-state index is 0.0707. The largest absolute Gasteiger partial charge is 0.333 e. The Kier molecular flexibility index (Phi) is 3.98. The van der Waals surface area contributed by atoms with Crippen molar-refractivity contribution in [2.45, 2.75) is 19.9 Å². The topological polar surface area (TPSA) is 32.3 Å².